The first kappa shape index (κ1) is 24.8. The molecule has 0 spiro atoms. The molecule has 0 radical (unpaired) electrons. The van der Waals surface area contributed by atoms with Crippen LogP contribution in [0.5, 0.6) is 0 Å². The largest absolute Gasteiger partial charge is 0.444 e. The number of carbonyl (C=O) groups excluding carboxylic acids is 2. The number of fused-ring (bicyclic) bond motifs is 1. The molecule has 3 heterocycles. The second-order valence-corrected chi connectivity index (χ2v) is 10.0. The number of hydrogen-bond donors (Lipinski definition) is 1. The van der Waals surface area contributed by atoms with E-state index in [0.29, 0.717) is 60.4 Å². The first-order valence-corrected chi connectivity index (χ1v) is 12.6. The third-order valence-corrected chi connectivity index (χ3v) is 7.32. The molecular formula is C25H26Cl2FN5O3. The average Bonchev–Trinajstić information content (AvgIpc) is 3.40. The lowest BCUT2D eigenvalue weighted by atomic mass is 10.1. The van der Waals surface area contributed by atoms with Crippen molar-refractivity contribution in [3.8, 4) is 0 Å². The summed E-state index contributed by atoms with van der Waals surface area (Å²) in [6, 6.07) is 8.35. The lowest BCUT2D eigenvalue weighted by Crippen LogP contribution is -2.46. The Kier molecular flexibility index (Phi) is 7.05. The van der Waals surface area contributed by atoms with E-state index < -0.39 is 6.09 Å². The fourth-order valence-corrected chi connectivity index (χ4v) is 4.98. The van der Waals surface area contributed by atoms with E-state index in [9.17, 15) is 9.59 Å². The van der Waals surface area contributed by atoms with E-state index in [1.54, 1.807) is 24.3 Å². The summed E-state index contributed by atoms with van der Waals surface area (Å²) in [5, 5.41) is 0.953. The van der Waals surface area contributed by atoms with Crippen molar-refractivity contribution in [3.63, 3.8) is 0 Å². The van der Waals surface area contributed by atoms with Gasteiger partial charge in [-0.3, -0.25) is 9.80 Å². The number of nitrogens with zero attached hydrogens (tertiary/aromatic N) is 4. The quantitative estimate of drug-likeness (QED) is 0.458. The van der Waals surface area contributed by atoms with Crippen molar-refractivity contribution in [2.45, 2.75) is 32.4 Å². The lowest BCUT2D eigenvalue weighted by Gasteiger charge is -2.36. The zero-order valence-corrected chi connectivity index (χ0v) is 21.3. The Labute approximate surface area is 217 Å². The number of nitrogens with one attached hydrogen (secondary N) is 1. The summed E-state index contributed by atoms with van der Waals surface area (Å²) >= 11 is 12.2. The van der Waals surface area contributed by atoms with Crippen molar-refractivity contribution in [3.05, 3.63) is 52.0 Å². The van der Waals surface area contributed by atoms with Crippen LogP contribution in [0.4, 0.5) is 20.6 Å². The highest BCUT2D eigenvalue weighted by molar-refractivity contribution is 6.42. The number of H-pyrrole nitrogens is 1. The van der Waals surface area contributed by atoms with Gasteiger partial charge in [-0.1, -0.05) is 23.2 Å². The Morgan fingerprint density at radius 1 is 1.17 bits per heavy atom. The minimum Gasteiger partial charge on any atom is -0.444 e. The predicted molar refractivity (Wildman–Crippen MR) is 138 cm³/mol. The summed E-state index contributed by atoms with van der Waals surface area (Å²) in [5.41, 5.74) is 2.57. The number of carbonyl (C=O) groups is 2. The molecular weight excluding hydrogens is 508 g/mol. The van der Waals surface area contributed by atoms with Crippen LogP contribution in [0, 0.1) is 5.82 Å². The number of rotatable bonds is 7. The first-order chi connectivity index (χ1) is 17.3. The van der Waals surface area contributed by atoms with Crippen LogP contribution in [0.25, 0.3) is 11.0 Å². The number of Topliss-reactive ketones (excluding diaryl/α,β-unsaturated/α-hetero) is 1. The zero-order valence-electron chi connectivity index (χ0n) is 19.8. The minimum absolute atomic E-state index is 0.0485. The van der Waals surface area contributed by atoms with Crippen molar-refractivity contribution in [2.75, 3.05) is 42.5 Å². The van der Waals surface area contributed by atoms with Gasteiger partial charge in [0, 0.05) is 32.6 Å². The van der Waals surface area contributed by atoms with Gasteiger partial charge in [-0.15, -0.1) is 0 Å². The van der Waals surface area contributed by atoms with E-state index in [2.05, 4.69) is 14.9 Å². The Morgan fingerprint density at radius 2 is 1.92 bits per heavy atom. The lowest BCUT2D eigenvalue weighted by molar-refractivity contribution is -0.117. The first-order valence-electron chi connectivity index (χ1n) is 11.8. The molecule has 2 saturated heterocycles. The molecule has 2 aliphatic heterocycles. The molecule has 1 N–H and O–H groups in total. The van der Waals surface area contributed by atoms with Gasteiger partial charge in [0.25, 0.3) is 0 Å². The van der Waals surface area contributed by atoms with E-state index in [1.807, 2.05) is 4.90 Å². The molecule has 190 valence electrons. The van der Waals surface area contributed by atoms with E-state index in [4.69, 9.17) is 27.9 Å². The van der Waals surface area contributed by atoms with Crippen molar-refractivity contribution >= 4 is 57.5 Å². The number of aromatic amines is 1. The van der Waals surface area contributed by atoms with Crippen LogP contribution < -0.4 is 9.80 Å². The summed E-state index contributed by atoms with van der Waals surface area (Å²) in [6.07, 6.45) is -0.0559. The standard InChI is InChI=1S/C25H26Cl2FN5O3/c1-15(34)2-4-17-13-33(25(35)36-17)16-3-5-23(20(28)10-16)32-8-6-31(7-9-32)14-24-29-21-11-18(26)19(27)12-22(21)30-24/h3,5,10-12,17H,2,4,6-9,13-14H2,1H3,(H,29,30)/t17-/m0/s1. The number of ether oxygens (including phenoxy) is 1. The highest BCUT2D eigenvalue weighted by Gasteiger charge is 2.33. The summed E-state index contributed by atoms with van der Waals surface area (Å²) in [4.78, 5) is 37.1. The molecule has 0 unspecified atom stereocenters. The molecule has 11 heteroatoms. The number of ketones is 1. The molecule has 36 heavy (non-hydrogen) atoms. The molecule has 1 amide bonds. The van der Waals surface area contributed by atoms with Crippen LogP contribution in [-0.2, 0) is 16.1 Å². The number of halogens is 3. The third kappa shape index (κ3) is 5.28. The number of cyclic esters (lactones) is 1. The highest BCUT2D eigenvalue weighted by Crippen LogP contribution is 2.30. The molecule has 2 aliphatic rings. The van der Waals surface area contributed by atoms with Crippen LogP contribution in [0.3, 0.4) is 0 Å². The number of imidazole rings is 1. The van der Waals surface area contributed by atoms with E-state index >= 15 is 4.39 Å². The summed E-state index contributed by atoms with van der Waals surface area (Å²) in [7, 11) is 0. The van der Waals surface area contributed by atoms with Crippen LogP contribution in [0.2, 0.25) is 10.0 Å². The maximum absolute atomic E-state index is 15.1. The summed E-state index contributed by atoms with van der Waals surface area (Å²) in [6.45, 7) is 5.27. The van der Waals surface area contributed by atoms with Gasteiger partial charge in [-0.2, -0.15) is 0 Å². The Bertz CT molecular complexity index is 1270. The SMILES string of the molecule is CC(=O)CC[C@H]1CN(c2ccc(N3CCN(Cc4nc5cc(Cl)c(Cl)cc5[nH]4)CC3)c(F)c2)C(=O)O1. The van der Waals surface area contributed by atoms with Gasteiger partial charge < -0.3 is 19.4 Å². The number of piperazine rings is 1. The van der Waals surface area contributed by atoms with Crippen LogP contribution in [-0.4, -0.2) is 65.6 Å². The van der Waals surface area contributed by atoms with Crippen LogP contribution >= 0.6 is 23.2 Å². The van der Waals surface area contributed by atoms with Gasteiger partial charge in [0.1, 0.15) is 23.5 Å². The molecule has 3 aromatic rings. The second kappa shape index (κ2) is 10.2. The number of aromatic nitrogens is 2. The van der Waals surface area contributed by atoms with E-state index in [-0.39, 0.29) is 17.7 Å². The maximum atomic E-state index is 15.1. The number of benzene rings is 2. The van der Waals surface area contributed by atoms with Crippen LogP contribution in [0.1, 0.15) is 25.6 Å². The molecule has 0 saturated carbocycles. The van der Waals surface area contributed by atoms with Gasteiger partial charge in [-0.05, 0) is 43.7 Å². The van der Waals surface area contributed by atoms with Crippen molar-refractivity contribution in [1.82, 2.24) is 14.9 Å². The fraction of sp³-hybridized carbons (Fsp3) is 0.400. The Balaban J connectivity index is 1.18. The number of amides is 1. The molecule has 0 aliphatic carbocycles. The second-order valence-electron chi connectivity index (χ2n) is 9.22. The smallest absolute Gasteiger partial charge is 0.414 e. The summed E-state index contributed by atoms with van der Waals surface area (Å²) < 4.78 is 20.4. The molecule has 5 rings (SSSR count). The molecule has 2 fully saturated rings. The van der Waals surface area contributed by atoms with Gasteiger partial charge in [0.05, 0.1) is 45.5 Å². The van der Waals surface area contributed by atoms with Gasteiger partial charge in [0.2, 0.25) is 0 Å². The molecule has 2 aromatic carbocycles. The third-order valence-electron chi connectivity index (χ3n) is 6.59. The average molecular weight is 534 g/mol. The fourth-order valence-electron chi connectivity index (χ4n) is 4.66. The van der Waals surface area contributed by atoms with Crippen molar-refractivity contribution < 1.29 is 18.7 Å². The maximum Gasteiger partial charge on any atom is 0.414 e. The van der Waals surface area contributed by atoms with Crippen LogP contribution in [0.15, 0.2) is 30.3 Å². The van der Waals surface area contributed by atoms with Crippen molar-refractivity contribution in [2.24, 2.45) is 0 Å². The predicted octanol–water partition coefficient (Wildman–Crippen LogP) is 5.03. The van der Waals surface area contributed by atoms with E-state index in [0.717, 1.165) is 29.9 Å². The minimum atomic E-state index is -0.514. The highest BCUT2D eigenvalue weighted by atomic mass is 35.5. The van der Waals surface area contributed by atoms with E-state index in [1.165, 1.54) is 17.9 Å². The molecule has 1 aromatic heterocycles. The topological polar surface area (TPSA) is 81.8 Å². The number of hydrogen-bond acceptors (Lipinski definition) is 6. The molecule has 1 atom stereocenters. The van der Waals surface area contributed by atoms with Gasteiger partial charge in [0.15, 0.2) is 0 Å². The molecule has 0 bridgehead atoms. The molecule has 8 nitrogen and oxygen atoms in total. The summed E-state index contributed by atoms with van der Waals surface area (Å²) in [5.74, 6) is 0.491. The van der Waals surface area contributed by atoms with Gasteiger partial charge in [-0.25, -0.2) is 14.2 Å². The number of anilines is 2. The van der Waals surface area contributed by atoms with Crippen molar-refractivity contribution in [1.29, 1.82) is 0 Å². The zero-order chi connectivity index (χ0) is 25.4. The Hall–Kier alpha value is -2.88. The normalized spacial score (nSPS) is 18.8. The Morgan fingerprint density at radius 3 is 2.64 bits per heavy atom. The monoisotopic (exact) mass is 533 g/mol. The van der Waals surface area contributed by atoms with Gasteiger partial charge >= 0.3 is 6.09 Å².